The lowest BCUT2D eigenvalue weighted by molar-refractivity contribution is 0.201. The highest BCUT2D eigenvalue weighted by molar-refractivity contribution is 6.18. The summed E-state index contributed by atoms with van der Waals surface area (Å²) in [4.78, 5) is 0. The van der Waals surface area contributed by atoms with Crippen molar-refractivity contribution < 1.29 is 14.9 Å². The van der Waals surface area contributed by atoms with E-state index in [1.807, 2.05) is 54.6 Å². The summed E-state index contributed by atoms with van der Waals surface area (Å²) in [6.07, 6.45) is 0.694. The Bertz CT molecular complexity index is 918. The van der Waals surface area contributed by atoms with Gasteiger partial charge in [-0.1, -0.05) is 54.6 Å². The molecule has 3 aromatic rings. The lowest BCUT2D eigenvalue weighted by Gasteiger charge is -2.17. The molecule has 0 amide bonds. The van der Waals surface area contributed by atoms with Gasteiger partial charge in [0.2, 0.25) is 0 Å². The zero-order chi connectivity index (χ0) is 19.8. The molecule has 0 aromatic heterocycles. The van der Waals surface area contributed by atoms with Crippen LogP contribution in [0, 0.1) is 0 Å². The number of rotatable bonds is 8. The minimum atomic E-state index is -0.0237. The number of halogens is 1. The molecule has 28 heavy (non-hydrogen) atoms. The van der Waals surface area contributed by atoms with Crippen LogP contribution in [0.2, 0.25) is 0 Å². The number of benzene rings is 3. The summed E-state index contributed by atoms with van der Waals surface area (Å²) < 4.78 is 5.48. The highest BCUT2D eigenvalue weighted by Gasteiger charge is 2.14. The Morgan fingerprint density at radius 3 is 2.18 bits per heavy atom. The molecule has 0 unspecified atom stereocenters. The summed E-state index contributed by atoms with van der Waals surface area (Å²) in [6, 6.07) is 25.2. The fourth-order valence-corrected chi connectivity index (χ4v) is 3.39. The first-order valence-corrected chi connectivity index (χ1v) is 9.74. The second-order valence-electron chi connectivity index (χ2n) is 6.31. The van der Waals surface area contributed by atoms with Gasteiger partial charge in [0.15, 0.2) is 0 Å². The van der Waals surface area contributed by atoms with Gasteiger partial charge in [-0.15, -0.1) is 11.6 Å². The number of ether oxygens (including phenoxy) is 1. The molecule has 0 saturated carbocycles. The zero-order valence-electron chi connectivity index (χ0n) is 15.5. The van der Waals surface area contributed by atoms with Crippen molar-refractivity contribution in [2.75, 3.05) is 19.1 Å². The van der Waals surface area contributed by atoms with E-state index in [2.05, 4.69) is 12.1 Å². The third kappa shape index (κ3) is 4.94. The molecule has 0 heterocycles. The van der Waals surface area contributed by atoms with Gasteiger partial charge in [0.25, 0.3) is 0 Å². The predicted molar refractivity (Wildman–Crippen MR) is 115 cm³/mol. The second-order valence-corrected chi connectivity index (χ2v) is 6.68. The molecule has 144 valence electrons. The first kappa shape index (κ1) is 20.0. The van der Waals surface area contributed by atoms with Crippen molar-refractivity contribution in [3.63, 3.8) is 0 Å². The smallest absolute Gasteiger partial charge is 0.119 e. The Hall–Kier alpha value is -2.75. The molecule has 2 N–H and O–H groups in total. The summed E-state index contributed by atoms with van der Waals surface area (Å²) in [7, 11) is 0. The van der Waals surface area contributed by atoms with Crippen molar-refractivity contribution in [1.29, 1.82) is 0 Å². The summed E-state index contributed by atoms with van der Waals surface area (Å²) in [6.45, 7) is 0.236. The Morgan fingerprint density at radius 2 is 1.54 bits per heavy atom. The van der Waals surface area contributed by atoms with Crippen LogP contribution in [0.4, 0.5) is 0 Å². The molecule has 0 bridgehead atoms. The number of aliphatic hydroxyl groups excluding tert-OH is 1. The minimum Gasteiger partial charge on any atom is -0.508 e. The minimum absolute atomic E-state index is 0.0237. The van der Waals surface area contributed by atoms with Crippen LogP contribution < -0.4 is 4.74 Å². The topological polar surface area (TPSA) is 49.7 Å². The monoisotopic (exact) mass is 394 g/mol. The van der Waals surface area contributed by atoms with Gasteiger partial charge in [0, 0.05) is 5.88 Å². The summed E-state index contributed by atoms with van der Waals surface area (Å²) in [5.41, 5.74) is 5.17. The molecule has 0 aliphatic carbocycles. The molecule has 4 heteroatoms. The lowest BCUT2D eigenvalue weighted by atomic mass is 9.88. The maximum atomic E-state index is 10.0. The average molecular weight is 395 g/mol. The van der Waals surface area contributed by atoms with Gasteiger partial charge in [0.05, 0.1) is 6.61 Å². The molecular weight excluding hydrogens is 372 g/mol. The van der Waals surface area contributed by atoms with Crippen LogP contribution in [-0.4, -0.2) is 29.3 Å². The van der Waals surface area contributed by atoms with Crippen LogP contribution in [-0.2, 0) is 0 Å². The number of aliphatic hydroxyl groups is 1. The van der Waals surface area contributed by atoms with Gasteiger partial charge in [-0.3, -0.25) is 0 Å². The molecule has 0 aliphatic heterocycles. The molecule has 3 rings (SSSR count). The quantitative estimate of drug-likeness (QED) is 0.400. The van der Waals surface area contributed by atoms with Crippen LogP contribution in [0.1, 0.15) is 23.1 Å². The van der Waals surface area contributed by atoms with Crippen molar-refractivity contribution in [2.45, 2.75) is 6.42 Å². The molecule has 0 spiro atoms. The van der Waals surface area contributed by atoms with Crippen LogP contribution in [0.25, 0.3) is 11.1 Å². The molecule has 3 aromatic carbocycles. The maximum absolute atomic E-state index is 10.0. The number of hydrogen-bond donors (Lipinski definition) is 2. The SMILES string of the molecule is OCCOc1ccc(C(=C(CCCl)c2ccccc2)c2cccc(O)c2)cc1. The first-order chi connectivity index (χ1) is 13.7. The van der Waals surface area contributed by atoms with Gasteiger partial charge < -0.3 is 14.9 Å². The Kier molecular flexibility index (Phi) is 7.12. The number of phenolic OH excluding ortho intramolecular Hbond substituents is 1. The maximum Gasteiger partial charge on any atom is 0.119 e. The van der Waals surface area contributed by atoms with Crippen molar-refractivity contribution >= 4 is 22.7 Å². The third-order valence-corrected chi connectivity index (χ3v) is 4.60. The van der Waals surface area contributed by atoms with Gasteiger partial charge in [0.1, 0.15) is 18.1 Å². The van der Waals surface area contributed by atoms with E-state index in [1.54, 1.807) is 12.1 Å². The predicted octanol–water partition coefficient (Wildman–Crippen LogP) is 5.35. The van der Waals surface area contributed by atoms with E-state index in [4.69, 9.17) is 21.4 Å². The highest BCUT2D eigenvalue weighted by atomic mass is 35.5. The van der Waals surface area contributed by atoms with Crippen molar-refractivity contribution in [1.82, 2.24) is 0 Å². The van der Waals surface area contributed by atoms with Crippen molar-refractivity contribution in [3.05, 3.63) is 95.6 Å². The molecule has 0 radical (unpaired) electrons. The van der Waals surface area contributed by atoms with E-state index in [0.29, 0.717) is 18.1 Å². The number of alkyl halides is 1. The standard InChI is InChI=1S/C24H23ClO3/c25-14-13-23(18-5-2-1-3-6-18)24(20-7-4-8-21(27)17-20)19-9-11-22(12-10-19)28-16-15-26/h1-12,17,26-27H,13-16H2. The highest BCUT2D eigenvalue weighted by Crippen LogP contribution is 2.36. The van der Waals surface area contributed by atoms with Crippen LogP contribution in [0.15, 0.2) is 78.9 Å². The van der Waals surface area contributed by atoms with E-state index in [0.717, 1.165) is 27.8 Å². The summed E-state index contributed by atoms with van der Waals surface area (Å²) >= 11 is 6.15. The van der Waals surface area contributed by atoms with Gasteiger partial charge in [-0.05, 0) is 58.5 Å². The van der Waals surface area contributed by atoms with Crippen LogP contribution in [0.3, 0.4) is 0 Å². The summed E-state index contributed by atoms with van der Waals surface area (Å²) in [5.74, 6) is 1.41. The molecule has 0 atom stereocenters. The Labute approximate surface area is 170 Å². The molecule has 0 saturated heterocycles. The fraction of sp³-hybridized carbons (Fsp3) is 0.167. The van der Waals surface area contributed by atoms with Crippen molar-refractivity contribution in [3.8, 4) is 11.5 Å². The van der Waals surface area contributed by atoms with Gasteiger partial charge in [-0.25, -0.2) is 0 Å². The van der Waals surface area contributed by atoms with E-state index in [9.17, 15) is 5.11 Å². The molecular formula is C24H23ClO3. The number of phenols is 1. The van der Waals surface area contributed by atoms with Crippen LogP contribution in [0.5, 0.6) is 11.5 Å². The first-order valence-electron chi connectivity index (χ1n) is 9.21. The Morgan fingerprint density at radius 1 is 0.821 bits per heavy atom. The molecule has 0 aliphatic rings. The van der Waals surface area contributed by atoms with E-state index in [1.165, 1.54) is 0 Å². The van der Waals surface area contributed by atoms with Crippen LogP contribution >= 0.6 is 11.6 Å². The van der Waals surface area contributed by atoms with E-state index >= 15 is 0 Å². The zero-order valence-corrected chi connectivity index (χ0v) is 16.3. The normalized spacial score (nSPS) is 11.8. The van der Waals surface area contributed by atoms with Gasteiger partial charge in [-0.2, -0.15) is 0 Å². The average Bonchev–Trinajstić information content (AvgIpc) is 2.73. The van der Waals surface area contributed by atoms with E-state index < -0.39 is 0 Å². The van der Waals surface area contributed by atoms with Crippen molar-refractivity contribution in [2.24, 2.45) is 0 Å². The summed E-state index contributed by atoms with van der Waals surface area (Å²) in [5, 5.41) is 19.0. The Balaban J connectivity index is 2.16. The number of hydrogen-bond acceptors (Lipinski definition) is 3. The third-order valence-electron chi connectivity index (χ3n) is 4.41. The number of aromatic hydroxyl groups is 1. The number of allylic oxidation sites excluding steroid dienone is 1. The largest absolute Gasteiger partial charge is 0.508 e. The lowest BCUT2D eigenvalue weighted by Crippen LogP contribution is -2.01. The molecule has 3 nitrogen and oxygen atoms in total. The second kappa shape index (κ2) is 9.98. The van der Waals surface area contributed by atoms with Gasteiger partial charge >= 0.3 is 0 Å². The van der Waals surface area contributed by atoms with E-state index in [-0.39, 0.29) is 19.0 Å². The molecule has 0 fully saturated rings. The fourth-order valence-electron chi connectivity index (χ4n) is 3.21.